The van der Waals surface area contributed by atoms with Gasteiger partial charge in [-0.15, -0.1) is 0 Å². The van der Waals surface area contributed by atoms with Crippen molar-refractivity contribution >= 4 is 35.1 Å². The highest BCUT2D eigenvalue weighted by Gasteiger charge is 2.25. The molecule has 0 aliphatic carbocycles. The zero-order valence-corrected chi connectivity index (χ0v) is 17.8. The van der Waals surface area contributed by atoms with E-state index < -0.39 is 5.97 Å². The number of hydrogen-bond donors (Lipinski definition) is 0. The number of benzene rings is 1. The van der Waals surface area contributed by atoms with Crippen LogP contribution in [0.3, 0.4) is 0 Å². The van der Waals surface area contributed by atoms with E-state index in [1.165, 1.54) is 11.8 Å². The third kappa shape index (κ3) is 4.64. The quantitative estimate of drug-likeness (QED) is 0.298. The summed E-state index contributed by atoms with van der Waals surface area (Å²) in [4.78, 5) is 46.6. The molecule has 1 aromatic heterocycles. The largest absolute Gasteiger partial charge is 0.457 e. The van der Waals surface area contributed by atoms with E-state index in [1.54, 1.807) is 30.1 Å². The number of Topliss-reactive ketones (excluding diaryl/α,β-unsaturated/α-hetero) is 1. The number of carbonyl (C=O) groups is 3. The first-order chi connectivity index (χ1) is 13.8. The molecule has 3 rings (SSSR count). The maximum absolute atomic E-state index is 12.4. The minimum absolute atomic E-state index is 0.00356. The van der Waals surface area contributed by atoms with Gasteiger partial charge in [-0.2, -0.15) is 0 Å². The van der Waals surface area contributed by atoms with Crippen molar-refractivity contribution < 1.29 is 19.1 Å². The Kier molecular flexibility index (Phi) is 6.32. The van der Waals surface area contributed by atoms with Gasteiger partial charge in [0.25, 0.3) is 0 Å². The second-order valence-corrected chi connectivity index (χ2v) is 7.69. The molecule has 0 radical (unpaired) electrons. The van der Waals surface area contributed by atoms with Gasteiger partial charge in [0.15, 0.2) is 17.5 Å². The molecule has 0 atom stereocenters. The molecule has 7 nitrogen and oxygen atoms in total. The number of ketones is 1. The van der Waals surface area contributed by atoms with Crippen LogP contribution >= 0.6 is 11.8 Å². The number of carbonyl (C=O) groups excluding carboxylic acids is 3. The first kappa shape index (κ1) is 21.0. The van der Waals surface area contributed by atoms with Gasteiger partial charge >= 0.3 is 5.97 Å². The Morgan fingerprint density at radius 2 is 1.90 bits per heavy atom. The number of hydrogen-bond acceptors (Lipinski definition) is 7. The number of esters is 1. The molecule has 0 unspecified atom stereocenters. The van der Waals surface area contributed by atoms with Crippen LogP contribution in [-0.4, -0.2) is 47.5 Å². The van der Waals surface area contributed by atoms with Crippen LogP contribution in [0.25, 0.3) is 0 Å². The summed E-state index contributed by atoms with van der Waals surface area (Å²) in [5.41, 5.74) is 4.69. The van der Waals surface area contributed by atoms with Gasteiger partial charge in [0.2, 0.25) is 5.91 Å². The average molecular weight is 413 g/mol. The molecule has 2 heterocycles. The Bertz CT molecular complexity index is 967. The lowest BCUT2D eigenvalue weighted by Crippen LogP contribution is -2.20. The van der Waals surface area contributed by atoms with Crippen LogP contribution in [0.5, 0.6) is 0 Å². The summed E-state index contributed by atoms with van der Waals surface area (Å²) in [6.07, 6.45) is 2.81. The summed E-state index contributed by atoms with van der Waals surface area (Å²) < 4.78 is 5.16. The van der Waals surface area contributed by atoms with Crippen LogP contribution in [0.1, 0.15) is 39.3 Å². The molecule has 0 spiro atoms. The molecule has 0 bridgehead atoms. The van der Waals surface area contributed by atoms with E-state index >= 15 is 0 Å². The monoisotopic (exact) mass is 413 g/mol. The minimum atomic E-state index is -0.442. The van der Waals surface area contributed by atoms with Crippen LogP contribution < -0.4 is 4.90 Å². The van der Waals surface area contributed by atoms with Crippen molar-refractivity contribution in [2.24, 2.45) is 0 Å². The second-order valence-electron chi connectivity index (χ2n) is 6.92. The van der Waals surface area contributed by atoms with Gasteiger partial charge in [0.1, 0.15) is 0 Å². The number of fused-ring (bicyclic) bond motifs is 1. The van der Waals surface area contributed by atoms with E-state index in [2.05, 4.69) is 9.97 Å². The first-order valence-electron chi connectivity index (χ1n) is 9.26. The Morgan fingerprint density at radius 1 is 1.21 bits per heavy atom. The SMILES string of the molecule is CSc1nc(C)c(CCC(=O)OCC(=O)c2ccc3c(c2)CC(=O)N3C)c(C)n1. The fourth-order valence-corrected chi connectivity index (χ4v) is 3.79. The van der Waals surface area contributed by atoms with Crippen LogP contribution in [0.2, 0.25) is 0 Å². The van der Waals surface area contributed by atoms with E-state index in [1.807, 2.05) is 20.1 Å². The number of aryl methyl sites for hydroxylation is 2. The summed E-state index contributed by atoms with van der Waals surface area (Å²) in [7, 11) is 1.71. The number of aromatic nitrogens is 2. The number of rotatable bonds is 7. The number of thioether (sulfide) groups is 1. The number of ether oxygens (including phenoxy) is 1. The molecule has 8 heteroatoms. The van der Waals surface area contributed by atoms with Gasteiger partial charge in [0.05, 0.1) is 6.42 Å². The topological polar surface area (TPSA) is 89.5 Å². The third-order valence-electron chi connectivity index (χ3n) is 5.00. The van der Waals surface area contributed by atoms with Crippen LogP contribution in [0.4, 0.5) is 5.69 Å². The van der Waals surface area contributed by atoms with Crippen LogP contribution in [0.15, 0.2) is 23.4 Å². The van der Waals surface area contributed by atoms with E-state index in [0.29, 0.717) is 17.1 Å². The lowest BCUT2D eigenvalue weighted by Gasteiger charge is -2.11. The Morgan fingerprint density at radius 3 is 2.55 bits per heavy atom. The molecule has 152 valence electrons. The van der Waals surface area contributed by atoms with Crippen molar-refractivity contribution in [3.63, 3.8) is 0 Å². The van der Waals surface area contributed by atoms with Gasteiger partial charge < -0.3 is 9.64 Å². The summed E-state index contributed by atoms with van der Waals surface area (Å²) in [5, 5.41) is 0.708. The van der Waals surface area contributed by atoms with E-state index in [4.69, 9.17) is 4.74 Å². The zero-order chi connectivity index (χ0) is 21.1. The molecule has 1 aromatic carbocycles. The number of likely N-dealkylation sites (N-methyl/N-ethyl adjacent to an activating group) is 1. The van der Waals surface area contributed by atoms with Crippen molar-refractivity contribution in [3.05, 3.63) is 46.3 Å². The zero-order valence-electron chi connectivity index (χ0n) is 16.9. The predicted molar refractivity (Wildman–Crippen MR) is 110 cm³/mol. The van der Waals surface area contributed by atoms with Gasteiger partial charge in [-0.3, -0.25) is 14.4 Å². The van der Waals surface area contributed by atoms with Crippen molar-refractivity contribution in [2.75, 3.05) is 24.8 Å². The number of amides is 1. The van der Waals surface area contributed by atoms with E-state index in [9.17, 15) is 14.4 Å². The Labute approximate surface area is 173 Å². The smallest absolute Gasteiger partial charge is 0.306 e. The standard InChI is InChI=1S/C21H23N3O4S/c1-12-16(13(2)23-21(22-12)29-4)6-8-20(27)28-11-18(25)14-5-7-17-15(9-14)10-19(26)24(17)3/h5,7,9H,6,8,10-11H2,1-4H3. The fourth-order valence-electron chi connectivity index (χ4n) is 3.33. The third-order valence-corrected chi connectivity index (χ3v) is 5.55. The minimum Gasteiger partial charge on any atom is -0.457 e. The maximum atomic E-state index is 12.4. The lowest BCUT2D eigenvalue weighted by atomic mass is 10.1. The number of nitrogens with zero attached hydrogens (tertiary/aromatic N) is 3. The van der Waals surface area contributed by atoms with Crippen molar-refractivity contribution in [1.29, 1.82) is 0 Å². The normalized spacial score (nSPS) is 12.8. The highest BCUT2D eigenvalue weighted by Crippen LogP contribution is 2.28. The molecule has 1 aliphatic rings. The number of anilines is 1. The molecule has 0 fully saturated rings. The van der Waals surface area contributed by atoms with Crippen molar-refractivity contribution in [1.82, 2.24) is 9.97 Å². The Balaban J connectivity index is 1.54. The molecular weight excluding hydrogens is 390 g/mol. The maximum Gasteiger partial charge on any atom is 0.306 e. The molecule has 0 saturated heterocycles. The molecule has 0 N–H and O–H groups in total. The lowest BCUT2D eigenvalue weighted by molar-refractivity contribution is -0.142. The van der Waals surface area contributed by atoms with Gasteiger partial charge in [-0.25, -0.2) is 9.97 Å². The summed E-state index contributed by atoms with van der Waals surface area (Å²) in [5.74, 6) is -0.735. The summed E-state index contributed by atoms with van der Waals surface area (Å²) in [6.45, 7) is 3.48. The molecule has 1 amide bonds. The molecule has 29 heavy (non-hydrogen) atoms. The summed E-state index contributed by atoms with van der Waals surface area (Å²) in [6, 6.07) is 5.10. The Hall–Kier alpha value is -2.74. The van der Waals surface area contributed by atoms with Gasteiger partial charge in [-0.1, -0.05) is 11.8 Å². The first-order valence-corrected chi connectivity index (χ1v) is 10.5. The molecule has 1 aliphatic heterocycles. The van der Waals surface area contributed by atoms with Gasteiger partial charge in [-0.05, 0) is 55.9 Å². The van der Waals surface area contributed by atoms with E-state index in [0.717, 1.165) is 28.2 Å². The van der Waals surface area contributed by atoms with Crippen LogP contribution in [-0.2, 0) is 27.2 Å². The second kappa shape index (κ2) is 8.73. The molecular formula is C21H23N3O4S. The van der Waals surface area contributed by atoms with Crippen molar-refractivity contribution in [3.8, 4) is 0 Å². The molecule has 2 aromatic rings. The van der Waals surface area contributed by atoms with E-state index in [-0.39, 0.29) is 31.1 Å². The fraction of sp³-hybridized carbons (Fsp3) is 0.381. The van der Waals surface area contributed by atoms with Crippen LogP contribution in [0, 0.1) is 13.8 Å². The van der Waals surface area contributed by atoms with Gasteiger partial charge in [0, 0.05) is 36.1 Å². The summed E-state index contributed by atoms with van der Waals surface area (Å²) >= 11 is 1.47. The average Bonchev–Trinajstić information content (AvgIpc) is 2.98. The predicted octanol–water partition coefficient (Wildman–Crippen LogP) is 2.69. The highest BCUT2D eigenvalue weighted by atomic mass is 32.2. The van der Waals surface area contributed by atoms with Crippen molar-refractivity contribution in [2.45, 2.75) is 38.3 Å². The molecule has 0 saturated carbocycles. The highest BCUT2D eigenvalue weighted by molar-refractivity contribution is 7.98.